The van der Waals surface area contributed by atoms with Gasteiger partial charge in [0.05, 0.1) is 6.61 Å². The summed E-state index contributed by atoms with van der Waals surface area (Å²) >= 11 is 1.33. The van der Waals surface area contributed by atoms with Crippen molar-refractivity contribution in [2.45, 2.75) is 6.54 Å². The van der Waals surface area contributed by atoms with E-state index in [2.05, 4.69) is 30.5 Å². The van der Waals surface area contributed by atoms with Crippen LogP contribution in [0.5, 0.6) is 0 Å². The van der Waals surface area contributed by atoms with Gasteiger partial charge >= 0.3 is 0 Å². The van der Waals surface area contributed by atoms with Gasteiger partial charge in [-0.25, -0.2) is 23.7 Å². The molecule has 1 aromatic carbocycles. The number of aromatic nitrogens is 3. The van der Waals surface area contributed by atoms with Gasteiger partial charge in [0.1, 0.15) is 33.6 Å². The van der Waals surface area contributed by atoms with E-state index < -0.39 is 11.6 Å². The summed E-state index contributed by atoms with van der Waals surface area (Å²) in [7, 11) is 5.45. The number of fused-ring (bicyclic) bond motifs is 1. The van der Waals surface area contributed by atoms with Gasteiger partial charge in [-0.3, -0.25) is 4.90 Å². The Morgan fingerprint density at radius 3 is 2.61 bits per heavy atom. The van der Waals surface area contributed by atoms with Gasteiger partial charge in [0, 0.05) is 50.6 Å². The van der Waals surface area contributed by atoms with Crippen molar-refractivity contribution < 1.29 is 13.5 Å². The molecule has 2 N–H and O–H groups in total. The van der Waals surface area contributed by atoms with Crippen LogP contribution in [0.1, 0.15) is 5.56 Å². The molecule has 0 fully saturated rings. The molecule has 33 heavy (non-hydrogen) atoms. The maximum Gasteiger partial charge on any atom is 0.190 e. The van der Waals surface area contributed by atoms with Crippen LogP contribution in [0.25, 0.3) is 21.5 Å². The number of thiazole rings is 1. The third-order valence-electron chi connectivity index (χ3n) is 5.03. The smallest absolute Gasteiger partial charge is 0.190 e. The first-order chi connectivity index (χ1) is 16.0. The van der Waals surface area contributed by atoms with E-state index in [-0.39, 0.29) is 5.56 Å². The number of benzene rings is 1. The number of rotatable bonds is 9. The molecule has 0 amide bonds. The minimum Gasteiger partial charge on any atom is -0.383 e. The zero-order valence-corrected chi connectivity index (χ0v) is 19.3. The van der Waals surface area contributed by atoms with E-state index in [1.54, 1.807) is 20.2 Å². The van der Waals surface area contributed by atoms with Crippen LogP contribution in [0.15, 0.2) is 42.6 Å². The second-order valence-corrected chi connectivity index (χ2v) is 8.49. The van der Waals surface area contributed by atoms with Crippen molar-refractivity contribution in [3.63, 3.8) is 0 Å². The van der Waals surface area contributed by atoms with Crippen molar-refractivity contribution in [2.24, 2.45) is 0 Å². The molecule has 0 radical (unpaired) electrons. The molecule has 0 aliphatic carbocycles. The highest BCUT2D eigenvalue weighted by atomic mass is 32.1. The zero-order chi connectivity index (χ0) is 23.4. The van der Waals surface area contributed by atoms with Gasteiger partial charge in [0.2, 0.25) is 0 Å². The molecule has 3 heterocycles. The SMILES string of the molecule is CNc1cc(-c2ccc(F)cc2F)c2nc(Nc3ccc(CN(C)CCOC)cn3)sc2n1. The van der Waals surface area contributed by atoms with E-state index in [9.17, 15) is 8.78 Å². The molecule has 0 atom stereocenters. The summed E-state index contributed by atoms with van der Waals surface area (Å²) in [6.07, 6.45) is 1.82. The lowest BCUT2D eigenvalue weighted by Gasteiger charge is -2.15. The first-order valence-electron chi connectivity index (χ1n) is 10.3. The minimum atomic E-state index is -0.653. The predicted octanol–water partition coefficient (Wildman–Crippen LogP) is 4.90. The molecule has 10 heteroatoms. The maximum atomic E-state index is 14.5. The molecule has 0 aliphatic rings. The third kappa shape index (κ3) is 5.41. The van der Waals surface area contributed by atoms with Crippen LogP contribution in [0.4, 0.5) is 25.5 Å². The quantitative estimate of drug-likeness (QED) is 0.361. The largest absolute Gasteiger partial charge is 0.383 e. The van der Waals surface area contributed by atoms with Gasteiger partial charge in [-0.2, -0.15) is 0 Å². The van der Waals surface area contributed by atoms with Gasteiger partial charge in [0.15, 0.2) is 5.13 Å². The van der Waals surface area contributed by atoms with Crippen LogP contribution in [-0.2, 0) is 11.3 Å². The van der Waals surface area contributed by atoms with Crippen molar-refractivity contribution in [1.82, 2.24) is 19.9 Å². The van der Waals surface area contributed by atoms with Crippen molar-refractivity contribution in [1.29, 1.82) is 0 Å². The van der Waals surface area contributed by atoms with Crippen molar-refractivity contribution in [2.75, 3.05) is 45.0 Å². The fourth-order valence-electron chi connectivity index (χ4n) is 3.34. The highest BCUT2D eigenvalue weighted by Gasteiger charge is 2.17. The Hall–Kier alpha value is -3.21. The molecular formula is C23H24F2N6OS. The van der Waals surface area contributed by atoms with Crippen LogP contribution in [-0.4, -0.2) is 54.2 Å². The van der Waals surface area contributed by atoms with Gasteiger partial charge in [-0.15, -0.1) is 0 Å². The van der Waals surface area contributed by atoms with Crippen molar-refractivity contribution in [3.05, 3.63) is 59.8 Å². The number of nitrogens with zero attached hydrogens (tertiary/aromatic N) is 4. The highest BCUT2D eigenvalue weighted by molar-refractivity contribution is 7.21. The first kappa shape index (κ1) is 23.0. The fraction of sp³-hybridized carbons (Fsp3) is 0.261. The van der Waals surface area contributed by atoms with Crippen LogP contribution < -0.4 is 10.6 Å². The monoisotopic (exact) mass is 470 g/mol. The van der Waals surface area contributed by atoms with Crippen LogP contribution in [0.3, 0.4) is 0 Å². The summed E-state index contributed by atoms with van der Waals surface area (Å²) in [6, 6.07) is 9.10. The zero-order valence-electron chi connectivity index (χ0n) is 18.5. The highest BCUT2D eigenvalue weighted by Crippen LogP contribution is 2.36. The van der Waals surface area contributed by atoms with Gasteiger partial charge in [0.25, 0.3) is 0 Å². The summed E-state index contributed by atoms with van der Waals surface area (Å²) in [5.74, 6) is -0.0765. The van der Waals surface area contributed by atoms with E-state index in [1.807, 2.05) is 25.4 Å². The first-order valence-corrected chi connectivity index (χ1v) is 11.1. The number of hydrogen-bond acceptors (Lipinski definition) is 8. The molecule has 4 aromatic rings. The number of nitrogens with one attached hydrogen (secondary N) is 2. The van der Waals surface area contributed by atoms with Crippen LogP contribution in [0, 0.1) is 11.6 Å². The normalized spacial score (nSPS) is 11.3. The number of ether oxygens (including phenoxy) is 1. The Labute approximate surface area is 194 Å². The second-order valence-electron chi connectivity index (χ2n) is 7.51. The third-order valence-corrected chi connectivity index (χ3v) is 5.90. The number of methoxy groups -OCH3 is 1. The van der Waals surface area contributed by atoms with Crippen molar-refractivity contribution in [3.8, 4) is 11.1 Å². The second kappa shape index (κ2) is 10.2. The topological polar surface area (TPSA) is 75.2 Å². The van der Waals surface area contributed by atoms with Gasteiger partial charge < -0.3 is 15.4 Å². The number of likely N-dealkylation sites (N-methyl/N-ethyl adjacent to an activating group) is 1. The van der Waals surface area contributed by atoms with Gasteiger partial charge in [-0.1, -0.05) is 17.4 Å². The van der Waals surface area contributed by atoms with Gasteiger partial charge in [-0.05, 0) is 36.9 Å². The Kier molecular flexibility index (Phi) is 7.07. The van der Waals surface area contributed by atoms with Crippen molar-refractivity contribution >= 4 is 38.5 Å². The van der Waals surface area contributed by atoms with E-state index >= 15 is 0 Å². The molecule has 0 bridgehead atoms. The molecule has 0 spiro atoms. The molecular weight excluding hydrogens is 446 g/mol. The molecule has 172 valence electrons. The lowest BCUT2D eigenvalue weighted by molar-refractivity contribution is 0.158. The summed E-state index contributed by atoms with van der Waals surface area (Å²) in [4.78, 5) is 16.4. The summed E-state index contributed by atoms with van der Waals surface area (Å²) in [5.41, 5.74) is 2.41. The molecule has 7 nitrogen and oxygen atoms in total. The molecule has 0 unspecified atom stereocenters. The number of anilines is 3. The lowest BCUT2D eigenvalue weighted by Crippen LogP contribution is -2.22. The molecule has 0 saturated heterocycles. The average molecular weight is 471 g/mol. The molecule has 4 rings (SSSR count). The summed E-state index contributed by atoms with van der Waals surface area (Å²) in [6.45, 7) is 2.27. The van der Waals surface area contributed by atoms with E-state index in [4.69, 9.17) is 4.74 Å². The van der Waals surface area contributed by atoms with E-state index in [1.165, 1.54) is 23.5 Å². The Morgan fingerprint density at radius 1 is 1.06 bits per heavy atom. The Morgan fingerprint density at radius 2 is 1.91 bits per heavy atom. The Bertz CT molecular complexity index is 1250. The minimum absolute atomic E-state index is 0.261. The predicted molar refractivity (Wildman–Crippen MR) is 128 cm³/mol. The van der Waals surface area contributed by atoms with E-state index in [0.29, 0.717) is 39.3 Å². The number of halogens is 2. The fourth-order valence-corrected chi connectivity index (χ4v) is 4.22. The Balaban J connectivity index is 1.59. The molecule has 0 saturated carbocycles. The number of pyridine rings is 2. The van der Waals surface area contributed by atoms with E-state index in [0.717, 1.165) is 24.7 Å². The van der Waals surface area contributed by atoms with Crippen LogP contribution in [0.2, 0.25) is 0 Å². The lowest BCUT2D eigenvalue weighted by atomic mass is 10.1. The molecule has 3 aromatic heterocycles. The maximum absolute atomic E-state index is 14.5. The summed E-state index contributed by atoms with van der Waals surface area (Å²) < 4.78 is 33.0. The summed E-state index contributed by atoms with van der Waals surface area (Å²) in [5, 5.41) is 6.75. The number of hydrogen-bond donors (Lipinski definition) is 2. The average Bonchev–Trinajstić information content (AvgIpc) is 3.21. The molecule has 0 aliphatic heterocycles. The van der Waals surface area contributed by atoms with Crippen LogP contribution >= 0.6 is 11.3 Å². The standard InChI is InChI=1S/C23H24F2N6OS/c1-26-20-11-17(16-6-5-15(24)10-18(16)25)21-22(28-20)33-23(30-21)29-19-7-4-14(12-27-19)13-31(2)8-9-32-3/h4-7,10-12H,8-9,13H2,1-3H3,(H,26,28)(H,27,29,30).